The molecule has 1 aromatic heterocycles. The number of hydrogen-bond donors (Lipinski definition) is 1. The quantitative estimate of drug-likeness (QED) is 0.835. The lowest BCUT2D eigenvalue weighted by molar-refractivity contribution is -0.129. The number of nitrogens with one attached hydrogen (secondary N) is 1. The third-order valence-corrected chi connectivity index (χ3v) is 5.70. The highest BCUT2D eigenvalue weighted by Gasteiger charge is 2.35. The van der Waals surface area contributed by atoms with Crippen molar-refractivity contribution < 1.29 is 14.0 Å². The number of likely N-dealkylation sites (tertiary alicyclic amines) is 2. The first kappa shape index (κ1) is 18.7. The Bertz CT molecular complexity index is 783. The Labute approximate surface area is 165 Å². The number of hydrogen-bond acceptors (Lipinski definition) is 4. The van der Waals surface area contributed by atoms with Gasteiger partial charge in [-0.2, -0.15) is 0 Å². The molecule has 0 spiro atoms. The molecule has 0 radical (unpaired) electrons. The molecule has 2 aromatic rings. The van der Waals surface area contributed by atoms with Crippen molar-refractivity contribution in [3.8, 4) is 0 Å². The highest BCUT2D eigenvalue weighted by molar-refractivity contribution is 5.89. The van der Waals surface area contributed by atoms with Gasteiger partial charge >= 0.3 is 0 Å². The van der Waals surface area contributed by atoms with E-state index in [1.807, 2.05) is 18.2 Å². The van der Waals surface area contributed by atoms with E-state index in [0.717, 1.165) is 38.2 Å². The number of piperidine rings is 1. The summed E-state index contributed by atoms with van der Waals surface area (Å²) in [5, 5.41) is 3.18. The summed E-state index contributed by atoms with van der Waals surface area (Å²) in [5.41, 5.74) is 1.33. The number of amides is 2. The minimum atomic E-state index is -0.259. The van der Waals surface area contributed by atoms with Crippen LogP contribution >= 0.6 is 0 Å². The Morgan fingerprint density at radius 3 is 2.57 bits per heavy atom. The largest absolute Gasteiger partial charge is 0.467 e. The summed E-state index contributed by atoms with van der Waals surface area (Å²) < 4.78 is 5.31. The third kappa shape index (κ3) is 4.62. The lowest BCUT2D eigenvalue weighted by Gasteiger charge is -2.32. The number of carbonyl (C=O) groups excluding carboxylic acids is 2. The third-order valence-electron chi connectivity index (χ3n) is 5.70. The van der Waals surface area contributed by atoms with E-state index in [1.165, 1.54) is 5.56 Å². The van der Waals surface area contributed by atoms with Crippen LogP contribution < -0.4 is 5.32 Å². The SMILES string of the molecule is O=C(NC1CCN(Cc2ccccc2)CC1)[C@H]1CC(=O)N(Cc2ccco2)C1. The second-order valence-corrected chi connectivity index (χ2v) is 7.80. The maximum absolute atomic E-state index is 12.7. The van der Waals surface area contributed by atoms with E-state index in [0.29, 0.717) is 19.5 Å². The van der Waals surface area contributed by atoms with Crippen molar-refractivity contribution in [1.29, 1.82) is 0 Å². The van der Waals surface area contributed by atoms with Crippen molar-refractivity contribution in [3.63, 3.8) is 0 Å². The maximum atomic E-state index is 12.7. The number of furan rings is 1. The highest BCUT2D eigenvalue weighted by atomic mass is 16.3. The van der Waals surface area contributed by atoms with Crippen molar-refractivity contribution >= 4 is 11.8 Å². The van der Waals surface area contributed by atoms with Crippen LogP contribution in [0.5, 0.6) is 0 Å². The summed E-state index contributed by atoms with van der Waals surface area (Å²) in [5.74, 6) is 0.524. The summed E-state index contributed by atoms with van der Waals surface area (Å²) >= 11 is 0. The number of rotatable bonds is 6. The monoisotopic (exact) mass is 381 g/mol. The van der Waals surface area contributed by atoms with Crippen LogP contribution in [0.4, 0.5) is 0 Å². The Morgan fingerprint density at radius 2 is 1.86 bits per heavy atom. The summed E-state index contributed by atoms with van der Waals surface area (Å²) in [6.07, 6.45) is 3.80. The predicted molar refractivity (Wildman–Crippen MR) is 105 cm³/mol. The molecule has 2 fully saturated rings. The van der Waals surface area contributed by atoms with Gasteiger partial charge in [-0.15, -0.1) is 0 Å². The smallest absolute Gasteiger partial charge is 0.225 e. The second kappa shape index (κ2) is 8.61. The molecule has 6 nitrogen and oxygen atoms in total. The first-order valence-corrected chi connectivity index (χ1v) is 10.0. The lowest BCUT2D eigenvalue weighted by Crippen LogP contribution is -2.46. The molecule has 0 saturated carbocycles. The summed E-state index contributed by atoms with van der Waals surface area (Å²) in [7, 11) is 0. The average Bonchev–Trinajstić information content (AvgIpc) is 3.35. The molecule has 148 valence electrons. The predicted octanol–water partition coefficient (Wildman–Crippen LogP) is 2.41. The molecule has 0 aliphatic carbocycles. The minimum Gasteiger partial charge on any atom is -0.467 e. The Hall–Kier alpha value is -2.60. The van der Waals surface area contributed by atoms with Crippen LogP contribution in [-0.2, 0) is 22.7 Å². The van der Waals surface area contributed by atoms with E-state index in [4.69, 9.17) is 4.42 Å². The number of nitrogens with zero attached hydrogens (tertiary/aromatic N) is 2. The molecule has 1 aromatic carbocycles. The molecule has 4 rings (SSSR count). The molecule has 0 bridgehead atoms. The van der Waals surface area contributed by atoms with Gasteiger partial charge in [-0.25, -0.2) is 0 Å². The fourth-order valence-electron chi connectivity index (χ4n) is 4.09. The van der Waals surface area contributed by atoms with E-state index < -0.39 is 0 Å². The molecule has 2 aliphatic heterocycles. The van der Waals surface area contributed by atoms with Gasteiger partial charge in [-0.3, -0.25) is 14.5 Å². The van der Waals surface area contributed by atoms with Crippen LogP contribution in [0.15, 0.2) is 53.1 Å². The van der Waals surface area contributed by atoms with Gasteiger partial charge in [-0.1, -0.05) is 30.3 Å². The van der Waals surface area contributed by atoms with Gasteiger partial charge in [0.2, 0.25) is 11.8 Å². The zero-order valence-electron chi connectivity index (χ0n) is 16.0. The number of carbonyl (C=O) groups is 2. The summed E-state index contributed by atoms with van der Waals surface area (Å²) in [6, 6.07) is 14.3. The van der Waals surface area contributed by atoms with Crippen molar-refractivity contribution in [2.24, 2.45) is 5.92 Å². The van der Waals surface area contributed by atoms with Gasteiger partial charge in [0.25, 0.3) is 0 Å². The van der Waals surface area contributed by atoms with Crippen molar-refractivity contribution in [2.45, 2.75) is 38.4 Å². The lowest BCUT2D eigenvalue weighted by atomic mass is 10.0. The standard InChI is InChI=1S/C22H27N3O3/c26-21-13-18(15-25(21)16-20-7-4-12-28-20)22(27)23-19-8-10-24(11-9-19)14-17-5-2-1-3-6-17/h1-7,12,18-19H,8-11,13-16H2,(H,23,27)/t18-/m0/s1. The Kier molecular flexibility index (Phi) is 5.76. The first-order chi connectivity index (χ1) is 13.7. The topological polar surface area (TPSA) is 65.8 Å². The van der Waals surface area contributed by atoms with Gasteiger partial charge < -0.3 is 14.6 Å². The Balaban J connectivity index is 1.22. The Morgan fingerprint density at radius 1 is 1.07 bits per heavy atom. The molecular formula is C22H27N3O3. The molecule has 0 unspecified atom stereocenters. The van der Waals surface area contributed by atoms with E-state index in [-0.39, 0.29) is 23.8 Å². The molecule has 1 atom stereocenters. The van der Waals surface area contributed by atoms with E-state index in [1.54, 1.807) is 11.2 Å². The van der Waals surface area contributed by atoms with Crippen LogP contribution in [0, 0.1) is 5.92 Å². The highest BCUT2D eigenvalue weighted by Crippen LogP contribution is 2.22. The van der Waals surface area contributed by atoms with Gasteiger partial charge in [0.05, 0.1) is 18.7 Å². The van der Waals surface area contributed by atoms with E-state index in [2.05, 4.69) is 34.5 Å². The van der Waals surface area contributed by atoms with Crippen molar-refractivity contribution in [3.05, 3.63) is 60.1 Å². The van der Waals surface area contributed by atoms with Crippen LogP contribution in [0.25, 0.3) is 0 Å². The molecule has 2 amide bonds. The molecule has 28 heavy (non-hydrogen) atoms. The molecule has 6 heteroatoms. The normalized spacial score (nSPS) is 21.2. The fourth-order valence-corrected chi connectivity index (χ4v) is 4.09. The average molecular weight is 381 g/mol. The van der Waals surface area contributed by atoms with Crippen LogP contribution in [0.1, 0.15) is 30.6 Å². The molecular weight excluding hydrogens is 354 g/mol. The van der Waals surface area contributed by atoms with Crippen LogP contribution in [0.3, 0.4) is 0 Å². The van der Waals surface area contributed by atoms with Crippen LogP contribution in [0.2, 0.25) is 0 Å². The summed E-state index contributed by atoms with van der Waals surface area (Å²) in [4.78, 5) is 29.0. The molecule has 2 saturated heterocycles. The molecule has 2 aliphatic rings. The van der Waals surface area contributed by atoms with Gasteiger partial charge in [0.15, 0.2) is 0 Å². The van der Waals surface area contributed by atoms with Gasteiger partial charge in [0, 0.05) is 38.6 Å². The fraction of sp³-hybridized carbons (Fsp3) is 0.455. The molecule has 3 heterocycles. The number of benzene rings is 1. The van der Waals surface area contributed by atoms with Crippen molar-refractivity contribution in [2.75, 3.05) is 19.6 Å². The zero-order valence-corrected chi connectivity index (χ0v) is 16.0. The van der Waals surface area contributed by atoms with Crippen LogP contribution in [-0.4, -0.2) is 47.3 Å². The van der Waals surface area contributed by atoms with Gasteiger partial charge in [0.1, 0.15) is 5.76 Å². The zero-order chi connectivity index (χ0) is 19.3. The van der Waals surface area contributed by atoms with E-state index in [9.17, 15) is 9.59 Å². The molecule has 1 N–H and O–H groups in total. The van der Waals surface area contributed by atoms with E-state index >= 15 is 0 Å². The first-order valence-electron chi connectivity index (χ1n) is 10.0. The second-order valence-electron chi connectivity index (χ2n) is 7.80. The summed E-state index contributed by atoms with van der Waals surface area (Å²) in [6.45, 7) is 3.83. The van der Waals surface area contributed by atoms with Crippen molar-refractivity contribution in [1.82, 2.24) is 15.1 Å². The van der Waals surface area contributed by atoms with Gasteiger partial charge in [-0.05, 0) is 30.5 Å². The minimum absolute atomic E-state index is 0.0109. The maximum Gasteiger partial charge on any atom is 0.225 e.